The first-order valence-corrected chi connectivity index (χ1v) is 45.4. The zero-order valence-corrected chi connectivity index (χ0v) is 75.4. The number of aromatic nitrogens is 4. The van der Waals surface area contributed by atoms with Crippen molar-refractivity contribution in [2.45, 2.75) is 169 Å². The number of halogens is 14. The molecule has 120 heavy (non-hydrogen) atoms. The summed E-state index contributed by atoms with van der Waals surface area (Å²) < 4.78 is 174. The standard InChI is InChI=1S/2C39H44Cl2N2P.2C6H4F2.2CHF3O3S/c2*1-25(2)31-21-15-22-32(26(3)4)35(31)42-37(40)38(44(29-17-11-9-12-18-29)30-19-13-10-14-20-30)43(39(42)41)36-33(27(5)6)23-16-24-34(36)28(7)8;2*7-5-3-1-2-4-6(5)8;2*2-1(3,4)8(5,6)7/h2*9-28H,1-8H3;2*1-4H;2*(H,5,6,7)/q2*+1;;;;/p-2. The van der Waals surface area contributed by atoms with Crippen LogP contribution in [-0.4, -0.2) is 46.1 Å². The first kappa shape index (κ1) is 98.9. The van der Waals surface area contributed by atoms with Gasteiger partial charge in [-0.1, -0.05) is 329 Å². The molecule has 0 fully saturated rings. The minimum atomic E-state index is -6.09. The fourth-order valence-electron chi connectivity index (χ4n) is 13.1. The van der Waals surface area contributed by atoms with E-state index in [-0.39, 0.29) is 47.3 Å². The van der Waals surface area contributed by atoms with Gasteiger partial charge in [-0.3, -0.25) is 0 Å². The fraction of sp³-hybridized carbons (Fsp3) is 0.283. The van der Waals surface area contributed by atoms with Gasteiger partial charge in [-0.2, -0.15) is 44.6 Å². The van der Waals surface area contributed by atoms with Crippen molar-refractivity contribution in [1.29, 1.82) is 0 Å². The van der Waals surface area contributed by atoms with E-state index in [1.807, 2.05) is 0 Å². The molecule has 0 radical (unpaired) electrons. The minimum absolute atomic E-state index is 0.286. The van der Waals surface area contributed by atoms with Crippen molar-refractivity contribution in [3.05, 3.63) is 331 Å². The summed E-state index contributed by atoms with van der Waals surface area (Å²) in [6.07, 6.45) is 0. The van der Waals surface area contributed by atoms with Crippen molar-refractivity contribution in [1.82, 2.24) is 9.13 Å². The number of benzene rings is 10. The predicted octanol–water partition coefficient (Wildman–Crippen LogP) is 24.7. The lowest BCUT2D eigenvalue weighted by Crippen LogP contribution is -2.49. The maximum Gasteiger partial charge on any atom is 0.485 e. The smallest absolute Gasteiger partial charge is 0.485 e. The zero-order chi connectivity index (χ0) is 89.4. The number of hydrogen-bond acceptors (Lipinski definition) is 6. The molecule has 2 heterocycles. The molecule has 28 heteroatoms. The van der Waals surface area contributed by atoms with Crippen molar-refractivity contribution in [2.24, 2.45) is 0 Å². The Labute approximate surface area is 720 Å². The second kappa shape index (κ2) is 43.2. The Morgan fingerprint density at radius 2 is 0.458 bits per heavy atom. The number of para-hydroxylation sites is 4. The van der Waals surface area contributed by atoms with Crippen molar-refractivity contribution in [3.8, 4) is 22.7 Å². The summed E-state index contributed by atoms with van der Waals surface area (Å²) in [5.74, 6) is -0.898. The summed E-state index contributed by atoms with van der Waals surface area (Å²) in [4.78, 5) is 0. The molecule has 10 aromatic carbocycles. The van der Waals surface area contributed by atoms with Crippen LogP contribution in [0.1, 0.15) is 203 Å². The van der Waals surface area contributed by atoms with Gasteiger partial charge in [0.25, 0.3) is 0 Å². The molecule has 0 saturated heterocycles. The van der Waals surface area contributed by atoms with Crippen molar-refractivity contribution >= 4 is 115 Å². The first-order valence-electron chi connectivity index (χ1n) is 38.4. The molecule has 12 aromatic rings. The van der Waals surface area contributed by atoms with E-state index < -0.39 is 70.4 Å². The monoisotopic (exact) mass is 1810 g/mol. The van der Waals surface area contributed by atoms with Gasteiger partial charge in [0.15, 0.2) is 43.5 Å². The second-order valence-corrected chi connectivity index (χ2v) is 38.5. The SMILES string of the molecule is CC(C)c1cccc(C(C)C)c1-n1c(Cl)c(P(c2ccccc2)c2ccccc2)[n+](-c2c(C(C)C)cccc2C(C)C)c1Cl.CC(C)c1cccc(C(C)C)c1-n1c(Cl)c(P(c2ccccc2)c2ccccc2)[n+](-c2c(C(C)C)cccc2C(C)C)c1Cl.Fc1ccccc1F.Fc1ccccc1F.O=S(=O)([O-])C(F)(F)F.O=S(=O)([O-])C(F)(F)F. The molecule has 0 bridgehead atoms. The van der Waals surface area contributed by atoms with Gasteiger partial charge in [0.05, 0.1) is 0 Å². The van der Waals surface area contributed by atoms with Crippen LogP contribution in [0.4, 0.5) is 43.9 Å². The van der Waals surface area contributed by atoms with Crippen LogP contribution < -0.4 is 41.2 Å². The Kier molecular flexibility index (Phi) is 35.6. The lowest BCUT2D eigenvalue weighted by molar-refractivity contribution is -0.574. The quantitative estimate of drug-likeness (QED) is 0.0276. The topological polar surface area (TPSA) is 132 Å². The van der Waals surface area contributed by atoms with E-state index in [1.165, 1.54) is 90.0 Å². The van der Waals surface area contributed by atoms with E-state index in [2.05, 4.69) is 323 Å². The van der Waals surface area contributed by atoms with Crippen LogP contribution in [0.2, 0.25) is 20.9 Å². The Balaban J connectivity index is 0.000000241. The molecule has 0 amide bonds. The van der Waals surface area contributed by atoms with Crippen LogP contribution in [0.5, 0.6) is 0 Å². The third-order valence-corrected chi connectivity index (χ3v) is 26.6. The molecule has 0 unspecified atom stereocenters. The van der Waals surface area contributed by atoms with E-state index in [0.717, 1.165) is 57.9 Å². The van der Waals surface area contributed by atoms with Crippen LogP contribution in [0.3, 0.4) is 0 Å². The molecule has 0 spiro atoms. The molecule has 0 aliphatic rings. The Bertz CT molecular complexity index is 5080. The second-order valence-electron chi connectivity index (χ2n) is 30.1. The maximum absolute atomic E-state index is 11.9. The largest absolute Gasteiger partial charge is 0.741 e. The van der Waals surface area contributed by atoms with Gasteiger partial charge in [0, 0.05) is 83.6 Å². The van der Waals surface area contributed by atoms with Crippen molar-refractivity contribution in [2.75, 3.05) is 0 Å². The molecule has 2 aromatic heterocycles. The summed E-state index contributed by atoms with van der Waals surface area (Å²) in [6.45, 7) is 36.1. The highest BCUT2D eigenvalue weighted by Gasteiger charge is 2.44. The van der Waals surface area contributed by atoms with Crippen LogP contribution in [0.25, 0.3) is 22.7 Å². The summed E-state index contributed by atoms with van der Waals surface area (Å²) in [5, 5.41) is 7.46. The average molecular weight is 1810 g/mol. The zero-order valence-electron chi connectivity index (χ0n) is 69.0. The first-order chi connectivity index (χ1) is 56.2. The summed E-state index contributed by atoms with van der Waals surface area (Å²) in [5.41, 5.74) is 5.23. The van der Waals surface area contributed by atoms with Gasteiger partial charge in [0.1, 0.15) is 22.7 Å². The number of hydrogen-bond donors (Lipinski definition) is 0. The highest BCUT2D eigenvalue weighted by molar-refractivity contribution is 7.86. The fourth-order valence-corrected chi connectivity index (χ4v) is 19.8. The molecule has 640 valence electrons. The van der Waals surface area contributed by atoms with E-state index >= 15 is 0 Å². The number of imidazole rings is 2. The summed E-state index contributed by atoms with van der Waals surface area (Å²) in [7, 11) is -14.3. The summed E-state index contributed by atoms with van der Waals surface area (Å²) >= 11 is 31.2. The lowest BCUT2D eigenvalue weighted by Gasteiger charge is -2.21. The molecule has 10 nitrogen and oxygen atoms in total. The molecular weight excluding hydrogens is 1710 g/mol. The van der Waals surface area contributed by atoms with Gasteiger partial charge in [-0.05, 0) is 116 Å². The van der Waals surface area contributed by atoms with Gasteiger partial charge < -0.3 is 9.11 Å². The highest BCUT2D eigenvalue weighted by atomic mass is 35.5. The van der Waals surface area contributed by atoms with Crippen molar-refractivity contribution in [3.63, 3.8) is 0 Å². The van der Waals surface area contributed by atoms with E-state index in [1.54, 1.807) is 0 Å². The Morgan fingerprint density at radius 1 is 0.292 bits per heavy atom. The third-order valence-electron chi connectivity index (χ3n) is 18.9. The van der Waals surface area contributed by atoms with Gasteiger partial charge in [0.2, 0.25) is 21.2 Å². The number of nitrogens with zero attached hydrogens (tertiary/aromatic N) is 4. The van der Waals surface area contributed by atoms with Crippen LogP contribution >= 0.6 is 62.2 Å². The normalized spacial score (nSPS) is 11.9. The van der Waals surface area contributed by atoms with Crippen LogP contribution in [0, 0.1) is 23.3 Å². The van der Waals surface area contributed by atoms with Gasteiger partial charge in [-0.25, -0.2) is 34.4 Å². The third kappa shape index (κ3) is 24.2. The molecular formula is C92H96Cl4F10N4O6P2S2. The van der Waals surface area contributed by atoms with E-state index in [0.29, 0.717) is 20.9 Å². The minimum Gasteiger partial charge on any atom is -0.741 e. The molecule has 0 saturated carbocycles. The lowest BCUT2D eigenvalue weighted by atomic mass is 9.92. The number of alkyl halides is 6. The number of rotatable bonds is 18. The molecule has 0 N–H and O–H groups in total. The van der Waals surface area contributed by atoms with Crippen LogP contribution in [-0.2, 0) is 20.2 Å². The average Bonchev–Trinajstić information content (AvgIpc) is 1.57. The molecule has 0 aliphatic heterocycles. The molecule has 0 atom stereocenters. The van der Waals surface area contributed by atoms with Gasteiger partial charge >= 0.3 is 21.6 Å². The van der Waals surface area contributed by atoms with E-state index in [4.69, 9.17) is 72.3 Å². The maximum atomic E-state index is 11.9. The van der Waals surface area contributed by atoms with Crippen molar-refractivity contribution < 1.29 is 79.0 Å². The van der Waals surface area contributed by atoms with E-state index in [9.17, 15) is 43.9 Å². The Morgan fingerprint density at radius 3 is 0.617 bits per heavy atom. The summed E-state index contributed by atoms with van der Waals surface area (Å²) in [6, 6.07) is 79.8. The van der Waals surface area contributed by atoms with Crippen LogP contribution in [0.15, 0.2) is 243 Å². The predicted molar refractivity (Wildman–Crippen MR) is 469 cm³/mol. The highest BCUT2D eigenvalue weighted by Crippen LogP contribution is 2.45. The Hall–Kier alpha value is -8.24. The molecule has 12 rings (SSSR count). The van der Waals surface area contributed by atoms with Gasteiger partial charge in [-0.15, -0.1) is 0 Å². The molecule has 0 aliphatic carbocycles.